The van der Waals surface area contributed by atoms with E-state index in [0.29, 0.717) is 12.3 Å². The Kier molecular flexibility index (Phi) is 4.51. The first kappa shape index (κ1) is 16.4. The van der Waals surface area contributed by atoms with Gasteiger partial charge in [0.05, 0.1) is 23.5 Å². The fraction of sp³-hybridized carbons (Fsp3) is 0.421. The lowest BCUT2D eigenvalue weighted by atomic mass is 9.91. The topological polar surface area (TPSA) is 65.7 Å². The van der Waals surface area contributed by atoms with Crippen molar-refractivity contribution < 1.29 is 14.3 Å². The number of aromatic carboxylic acids is 1. The minimum absolute atomic E-state index is 0.00736. The zero-order valence-electron chi connectivity index (χ0n) is 14.2. The SMILES string of the molecule is CCCCC1(C)CN(Cc2ccc(C(=O)O)o2)c2ccccc2N1. The number of furan rings is 1. The van der Waals surface area contributed by atoms with Crippen LogP contribution in [-0.4, -0.2) is 23.2 Å². The Labute approximate surface area is 142 Å². The number of hydrogen-bond acceptors (Lipinski definition) is 4. The average Bonchev–Trinajstić information content (AvgIpc) is 3.02. The van der Waals surface area contributed by atoms with Gasteiger partial charge >= 0.3 is 5.97 Å². The van der Waals surface area contributed by atoms with Crippen molar-refractivity contribution in [2.45, 2.75) is 45.2 Å². The summed E-state index contributed by atoms with van der Waals surface area (Å²) >= 11 is 0. The van der Waals surface area contributed by atoms with E-state index in [1.54, 1.807) is 6.07 Å². The van der Waals surface area contributed by atoms with Gasteiger partial charge in [0.15, 0.2) is 0 Å². The second kappa shape index (κ2) is 6.59. The maximum atomic E-state index is 11.0. The third-order valence-electron chi connectivity index (χ3n) is 4.52. The van der Waals surface area contributed by atoms with E-state index < -0.39 is 5.97 Å². The first-order valence-electron chi connectivity index (χ1n) is 8.45. The van der Waals surface area contributed by atoms with E-state index in [0.717, 1.165) is 24.3 Å². The number of fused-ring (bicyclic) bond motifs is 1. The molecule has 0 saturated carbocycles. The number of carboxylic acid groups (broad SMARTS) is 1. The Hall–Kier alpha value is -2.43. The molecule has 2 N–H and O–H groups in total. The summed E-state index contributed by atoms with van der Waals surface area (Å²) in [5.74, 6) is -0.376. The number of para-hydroxylation sites is 2. The lowest BCUT2D eigenvalue weighted by Crippen LogP contribution is -2.50. The number of rotatable bonds is 6. The van der Waals surface area contributed by atoms with Crippen molar-refractivity contribution in [1.82, 2.24) is 0 Å². The van der Waals surface area contributed by atoms with E-state index in [2.05, 4.69) is 36.2 Å². The number of anilines is 2. The Morgan fingerprint density at radius 1 is 1.33 bits per heavy atom. The highest BCUT2D eigenvalue weighted by atomic mass is 16.4. The molecule has 3 rings (SSSR count). The average molecular weight is 328 g/mol. The molecular weight excluding hydrogens is 304 g/mol. The summed E-state index contributed by atoms with van der Waals surface area (Å²) in [6.07, 6.45) is 3.43. The van der Waals surface area contributed by atoms with Crippen LogP contribution in [-0.2, 0) is 6.54 Å². The first-order valence-corrected chi connectivity index (χ1v) is 8.45. The maximum Gasteiger partial charge on any atom is 0.371 e. The summed E-state index contributed by atoms with van der Waals surface area (Å²) in [7, 11) is 0. The van der Waals surface area contributed by atoms with Gasteiger partial charge in [0, 0.05) is 6.54 Å². The number of benzene rings is 1. The number of carbonyl (C=O) groups is 1. The monoisotopic (exact) mass is 328 g/mol. The van der Waals surface area contributed by atoms with Gasteiger partial charge in [-0.15, -0.1) is 0 Å². The molecule has 5 heteroatoms. The van der Waals surface area contributed by atoms with Crippen molar-refractivity contribution in [1.29, 1.82) is 0 Å². The normalized spacial score (nSPS) is 19.7. The van der Waals surface area contributed by atoms with E-state index >= 15 is 0 Å². The van der Waals surface area contributed by atoms with Gasteiger partial charge in [0.1, 0.15) is 5.76 Å². The summed E-state index contributed by atoms with van der Waals surface area (Å²) in [6, 6.07) is 11.5. The smallest absolute Gasteiger partial charge is 0.371 e. The number of hydrogen-bond donors (Lipinski definition) is 2. The van der Waals surface area contributed by atoms with Crippen LogP contribution in [0.4, 0.5) is 11.4 Å². The molecule has 0 fully saturated rings. The predicted molar refractivity (Wildman–Crippen MR) is 94.7 cm³/mol. The van der Waals surface area contributed by atoms with Crippen molar-refractivity contribution in [3.05, 3.63) is 47.9 Å². The molecule has 0 saturated heterocycles. The van der Waals surface area contributed by atoms with Crippen LogP contribution in [0.1, 0.15) is 49.4 Å². The molecule has 24 heavy (non-hydrogen) atoms. The van der Waals surface area contributed by atoms with Gasteiger partial charge < -0.3 is 19.7 Å². The van der Waals surface area contributed by atoms with Crippen LogP contribution < -0.4 is 10.2 Å². The molecular formula is C19H24N2O3. The molecule has 1 aromatic heterocycles. The molecule has 1 aromatic carbocycles. The highest BCUT2D eigenvalue weighted by Gasteiger charge is 2.33. The van der Waals surface area contributed by atoms with E-state index in [1.165, 1.54) is 18.9 Å². The molecule has 0 spiro atoms. The van der Waals surface area contributed by atoms with Crippen LogP contribution in [0.5, 0.6) is 0 Å². The second-order valence-corrected chi connectivity index (χ2v) is 6.73. The zero-order chi connectivity index (χ0) is 17.2. The molecule has 1 unspecified atom stereocenters. The summed E-state index contributed by atoms with van der Waals surface area (Å²) in [4.78, 5) is 13.3. The quantitative estimate of drug-likeness (QED) is 0.825. The second-order valence-electron chi connectivity index (χ2n) is 6.73. The number of unbranched alkanes of at least 4 members (excludes halogenated alkanes) is 1. The highest BCUT2D eigenvalue weighted by molar-refractivity contribution is 5.84. The van der Waals surface area contributed by atoms with Crippen molar-refractivity contribution in [3.63, 3.8) is 0 Å². The molecule has 2 aromatic rings. The fourth-order valence-electron chi connectivity index (χ4n) is 3.34. The van der Waals surface area contributed by atoms with Gasteiger partial charge in [-0.05, 0) is 37.6 Å². The lowest BCUT2D eigenvalue weighted by molar-refractivity contribution is 0.0660. The minimum Gasteiger partial charge on any atom is -0.475 e. The molecule has 2 heterocycles. The molecule has 128 valence electrons. The van der Waals surface area contributed by atoms with Gasteiger partial charge in [-0.3, -0.25) is 0 Å². The Bertz CT molecular complexity index is 725. The zero-order valence-corrected chi connectivity index (χ0v) is 14.2. The molecule has 0 amide bonds. The molecule has 0 radical (unpaired) electrons. The van der Waals surface area contributed by atoms with Gasteiger partial charge in [-0.1, -0.05) is 31.9 Å². The van der Waals surface area contributed by atoms with Gasteiger partial charge in [-0.25, -0.2) is 4.79 Å². The fourth-order valence-corrected chi connectivity index (χ4v) is 3.34. The molecule has 0 bridgehead atoms. The summed E-state index contributed by atoms with van der Waals surface area (Å²) in [6.45, 7) is 5.87. The van der Waals surface area contributed by atoms with E-state index in [4.69, 9.17) is 9.52 Å². The van der Waals surface area contributed by atoms with Gasteiger partial charge in [0.2, 0.25) is 5.76 Å². The Balaban J connectivity index is 1.85. The summed E-state index contributed by atoms with van der Waals surface area (Å²) < 4.78 is 5.45. The van der Waals surface area contributed by atoms with Gasteiger partial charge in [-0.2, -0.15) is 0 Å². The molecule has 0 aliphatic carbocycles. The number of carboxylic acids is 1. The maximum absolute atomic E-state index is 11.0. The van der Waals surface area contributed by atoms with Crippen molar-refractivity contribution in [2.24, 2.45) is 0 Å². The van der Waals surface area contributed by atoms with Crippen LogP contribution in [0.2, 0.25) is 0 Å². The van der Waals surface area contributed by atoms with Crippen molar-refractivity contribution in [3.8, 4) is 0 Å². The van der Waals surface area contributed by atoms with Crippen molar-refractivity contribution in [2.75, 3.05) is 16.8 Å². The summed E-state index contributed by atoms with van der Waals surface area (Å²) in [5, 5.41) is 12.7. The Morgan fingerprint density at radius 3 is 2.83 bits per heavy atom. The lowest BCUT2D eigenvalue weighted by Gasteiger charge is -2.44. The third-order valence-corrected chi connectivity index (χ3v) is 4.52. The number of nitrogens with zero attached hydrogens (tertiary/aromatic N) is 1. The van der Waals surface area contributed by atoms with Crippen LogP contribution in [0.3, 0.4) is 0 Å². The van der Waals surface area contributed by atoms with E-state index in [-0.39, 0.29) is 11.3 Å². The Morgan fingerprint density at radius 2 is 2.12 bits per heavy atom. The van der Waals surface area contributed by atoms with Gasteiger partial charge in [0.25, 0.3) is 0 Å². The van der Waals surface area contributed by atoms with Crippen molar-refractivity contribution >= 4 is 17.3 Å². The van der Waals surface area contributed by atoms with Crippen LogP contribution in [0.25, 0.3) is 0 Å². The largest absolute Gasteiger partial charge is 0.475 e. The summed E-state index contributed by atoms with van der Waals surface area (Å²) in [5.41, 5.74) is 2.24. The number of nitrogens with one attached hydrogen (secondary N) is 1. The van der Waals surface area contributed by atoms with E-state index in [1.807, 2.05) is 12.1 Å². The van der Waals surface area contributed by atoms with E-state index in [9.17, 15) is 4.79 Å². The molecule has 1 atom stereocenters. The molecule has 5 nitrogen and oxygen atoms in total. The molecule has 1 aliphatic heterocycles. The first-order chi connectivity index (χ1) is 11.5. The standard InChI is InChI=1S/C19H24N2O3/c1-3-4-11-19(2)13-21(16-8-6-5-7-15(16)20-19)12-14-9-10-17(24-14)18(22)23/h5-10,20H,3-4,11-13H2,1-2H3,(H,22,23). The van der Waals surface area contributed by atoms with Crippen LogP contribution in [0, 0.1) is 0 Å². The minimum atomic E-state index is -1.03. The highest BCUT2D eigenvalue weighted by Crippen LogP contribution is 2.37. The molecule has 1 aliphatic rings. The third kappa shape index (κ3) is 3.40. The van der Waals surface area contributed by atoms with Crippen LogP contribution >= 0.6 is 0 Å². The van der Waals surface area contributed by atoms with Crippen LogP contribution in [0.15, 0.2) is 40.8 Å². The predicted octanol–water partition coefficient (Wildman–Crippen LogP) is 4.36.